The summed E-state index contributed by atoms with van der Waals surface area (Å²) in [4.78, 5) is 47.3. The second-order valence-corrected chi connectivity index (χ2v) is 8.41. The third-order valence-corrected chi connectivity index (χ3v) is 6.48. The predicted octanol–water partition coefficient (Wildman–Crippen LogP) is 0.921. The molecule has 13 heteroatoms. The van der Waals surface area contributed by atoms with Gasteiger partial charge in [0, 0.05) is 26.2 Å². The Morgan fingerprint density at radius 3 is 1.79 bits per heavy atom. The summed E-state index contributed by atoms with van der Waals surface area (Å²) in [6.45, 7) is 0.425. The molecule has 2 aliphatic heterocycles. The molecular weight excluding hydrogens is 406 g/mol. The zero-order valence-corrected chi connectivity index (χ0v) is 16.4. The molecule has 0 spiro atoms. The van der Waals surface area contributed by atoms with Crippen molar-refractivity contribution in [3.05, 3.63) is 0 Å². The van der Waals surface area contributed by atoms with E-state index in [1.165, 1.54) is 16.7 Å². The third-order valence-electron chi connectivity index (χ3n) is 4.89. The van der Waals surface area contributed by atoms with Crippen LogP contribution < -0.4 is 0 Å². The number of alkyl halides is 3. The average Bonchev–Trinajstić information content (AvgIpc) is 3.26. The third kappa shape index (κ3) is 4.35. The molecular formula is C15H25F3N3O6P. The standard InChI is InChI=1S/C15H25F3N3O6P/c1-2-27-12(22)11-21(13(23)14(16,17)18)15(28(24,25)26,19-7-3-4-8-19)20-9-5-6-10-20/h2-11H2,1H3,(H2,24,25,26). The lowest BCUT2D eigenvalue weighted by Gasteiger charge is -2.53. The highest BCUT2D eigenvalue weighted by Gasteiger charge is 2.65. The first kappa shape index (κ1) is 23.1. The van der Waals surface area contributed by atoms with Crippen molar-refractivity contribution in [3.63, 3.8) is 0 Å². The molecule has 0 aliphatic carbocycles. The monoisotopic (exact) mass is 431 g/mol. The largest absolute Gasteiger partial charge is 0.471 e. The summed E-state index contributed by atoms with van der Waals surface area (Å²) >= 11 is 0. The lowest BCUT2D eigenvalue weighted by Crippen LogP contribution is -2.71. The summed E-state index contributed by atoms with van der Waals surface area (Å²) < 4.78 is 57.6. The number of rotatable bonds is 7. The van der Waals surface area contributed by atoms with Gasteiger partial charge >= 0.3 is 25.6 Å². The molecule has 2 rings (SSSR count). The van der Waals surface area contributed by atoms with E-state index in [2.05, 4.69) is 4.74 Å². The Morgan fingerprint density at radius 2 is 1.46 bits per heavy atom. The van der Waals surface area contributed by atoms with Gasteiger partial charge in [-0.15, -0.1) is 0 Å². The van der Waals surface area contributed by atoms with Crippen molar-refractivity contribution in [1.29, 1.82) is 0 Å². The van der Waals surface area contributed by atoms with Gasteiger partial charge in [0.05, 0.1) is 6.61 Å². The first-order valence-electron chi connectivity index (χ1n) is 9.06. The Bertz CT molecular complexity index is 613. The molecule has 0 unspecified atom stereocenters. The summed E-state index contributed by atoms with van der Waals surface area (Å²) in [6, 6.07) is 0. The van der Waals surface area contributed by atoms with Crippen LogP contribution >= 0.6 is 7.60 Å². The molecule has 0 saturated carbocycles. The quantitative estimate of drug-likeness (QED) is 0.452. The van der Waals surface area contributed by atoms with Gasteiger partial charge in [-0.25, -0.2) is 0 Å². The van der Waals surface area contributed by atoms with Gasteiger partial charge in [-0.05, 0) is 32.6 Å². The molecule has 2 heterocycles. The van der Waals surface area contributed by atoms with Gasteiger partial charge in [0.1, 0.15) is 6.54 Å². The number of carbonyl (C=O) groups is 2. The highest BCUT2D eigenvalue weighted by atomic mass is 31.2. The maximum Gasteiger partial charge on any atom is 0.471 e. The lowest BCUT2D eigenvalue weighted by atomic mass is 10.3. The van der Waals surface area contributed by atoms with Crippen molar-refractivity contribution in [2.75, 3.05) is 39.3 Å². The van der Waals surface area contributed by atoms with Crippen LogP contribution in [0.2, 0.25) is 0 Å². The van der Waals surface area contributed by atoms with Crippen LogP contribution in [0.4, 0.5) is 13.2 Å². The van der Waals surface area contributed by atoms with E-state index < -0.39 is 37.7 Å². The topological polar surface area (TPSA) is 111 Å². The second kappa shape index (κ2) is 8.66. The van der Waals surface area contributed by atoms with Crippen LogP contribution in [0.15, 0.2) is 0 Å². The fourth-order valence-electron chi connectivity index (χ4n) is 3.90. The number of amides is 1. The van der Waals surface area contributed by atoms with Crippen LogP contribution in [0.1, 0.15) is 32.6 Å². The van der Waals surface area contributed by atoms with Crippen molar-refractivity contribution in [2.45, 2.75) is 44.3 Å². The van der Waals surface area contributed by atoms with Crippen molar-refractivity contribution >= 4 is 19.5 Å². The van der Waals surface area contributed by atoms with Gasteiger partial charge in [0.25, 0.3) is 5.53 Å². The molecule has 9 nitrogen and oxygen atoms in total. The molecule has 0 aromatic heterocycles. The van der Waals surface area contributed by atoms with Gasteiger partial charge < -0.3 is 14.5 Å². The number of carbonyl (C=O) groups excluding carboxylic acids is 2. The maximum absolute atomic E-state index is 13.4. The number of likely N-dealkylation sites (tertiary alicyclic amines) is 2. The van der Waals surface area contributed by atoms with E-state index in [0.29, 0.717) is 25.7 Å². The lowest BCUT2D eigenvalue weighted by molar-refractivity contribution is -0.207. The SMILES string of the molecule is CCOC(=O)CN(C(=O)C(F)(F)F)C(N1CCCC1)(N1CCCC1)P(=O)(O)O. The minimum absolute atomic E-state index is 0.0254. The average molecular weight is 431 g/mol. The maximum atomic E-state index is 13.4. The molecule has 2 N–H and O–H groups in total. The normalized spacial score (nSPS) is 19.8. The molecule has 2 fully saturated rings. The van der Waals surface area contributed by atoms with E-state index in [-0.39, 0.29) is 37.7 Å². The molecule has 0 atom stereocenters. The van der Waals surface area contributed by atoms with Crippen LogP contribution in [-0.4, -0.2) is 87.4 Å². The van der Waals surface area contributed by atoms with Crippen LogP contribution in [-0.2, 0) is 18.9 Å². The number of esters is 1. The van der Waals surface area contributed by atoms with E-state index in [9.17, 15) is 37.1 Å². The smallest absolute Gasteiger partial charge is 0.465 e. The van der Waals surface area contributed by atoms with Crippen LogP contribution in [0.3, 0.4) is 0 Å². The number of hydrogen-bond acceptors (Lipinski definition) is 6. The highest BCUT2D eigenvalue weighted by Crippen LogP contribution is 2.58. The van der Waals surface area contributed by atoms with Crippen molar-refractivity contribution in [1.82, 2.24) is 14.7 Å². The van der Waals surface area contributed by atoms with Crippen molar-refractivity contribution < 1.29 is 41.8 Å². The van der Waals surface area contributed by atoms with Crippen LogP contribution in [0.5, 0.6) is 0 Å². The number of halogens is 3. The Morgan fingerprint density at radius 1 is 1.04 bits per heavy atom. The van der Waals surface area contributed by atoms with Crippen molar-refractivity contribution in [3.8, 4) is 0 Å². The minimum atomic E-state index is -5.42. The van der Waals surface area contributed by atoms with E-state index >= 15 is 0 Å². The molecule has 0 bridgehead atoms. The fourth-order valence-corrected chi connectivity index (χ4v) is 5.52. The predicted molar refractivity (Wildman–Crippen MR) is 90.8 cm³/mol. The number of hydrogen-bond donors (Lipinski definition) is 2. The number of ether oxygens (including phenoxy) is 1. The first-order valence-corrected chi connectivity index (χ1v) is 10.7. The van der Waals surface area contributed by atoms with Crippen LogP contribution in [0, 0.1) is 0 Å². The van der Waals surface area contributed by atoms with E-state index in [1.54, 1.807) is 0 Å². The first-order chi connectivity index (χ1) is 13.0. The van der Waals surface area contributed by atoms with Gasteiger partial charge in [0.15, 0.2) is 0 Å². The summed E-state index contributed by atoms with van der Waals surface area (Å²) in [5, 5.41) is 0. The van der Waals surface area contributed by atoms with Crippen LogP contribution in [0.25, 0.3) is 0 Å². The molecule has 0 aromatic carbocycles. The fraction of sp³-hybridized carbons (Fsp3) is 0.867. The highest BCUT2D eigenvalue weighted by molar-refractivity contribution is 7.53. The molecule has 2 aliphatic rings. The zero-order valence-electron chi connectivity index (χ0n) is 15.5. The zero-order chi connectivity index (χ0) is 21.2. The minimum Gasteiger partial charge on any atom is -0.465 e. The van der Waals surface area contributed by atoms with Gasteiger partial charge in [-0.1, -0.05) is 0 Å². The molecule has 0 aromatic rings. The molecule has 1 amide bonds. The summed E-state index contributed by atoms with van der Waals surface area (Å²) in [7, 11) is -5.41. The Kier molecular flexibility index (Phi) is 7.14. The van der Waals surface area contributed by atoms with Gasteiger partial charge in [-0.2, -0.15) is 13.2 Å². The van der Waals surface area contributed by atoms with E-state index in [4.69, 9.17) is 0 Å². The summed E-state index contributed by atoms with van der Waals surface area (Å²) in [6.07, 6.45) is -3.41. The second-order valence-electron chi connectivity index (χ2n) is 6.73. The number of nitrogens with zero attached hydrogens (tertiary/aromatic N) is 3. The Hall–Kier alpha value is -1.20. The summed E-state index contributed by atoms with van der Waals surface area (Å²) in [5.41, 5.74) is -2.68. The van der Waals surface area contributed by atoms with E-state index in [1.807, 2.05) is 0 Å². The Labute approximate surface area is 160 Å². The molecule has 0 radical (unpaired) electrons. The van der Waals surface area contributed by atoms with Gasteiger partial charge in [-0.3, -0.25) is 28.9 Å². The molecule has 162 valence electrons. The van der Waals surface area contributed by atoms with Crippen molar-refractivity contribution in [2.24, 2.45) is 0 Å². The Balaban J connectivity index is 2.66. The molecule has 2 saturated heterocycles. The van der Waals surface area contributed by atoms with Gasteiger partial charge in [0.2, 0.25) is 0 Å². The van der Waals surface area contributed by atoms with E-state index in [0.717, 1.165) is 0 Å². The summed E-state index contributed by atoms with van der Waals surface area (Å²) in [5.74, 6) is -3.65. The molecule has 28 heavy (non-hydrogen) atoms.